The van der Waals surface area contributed by atoms with E-state index in [9.17, 15) is 18.0 Å². The lowest BCUT2D eigenvalue weighted by molar-refractivity contribution is -0.144. The minimum atomic E-state index is -4.41. The summed E-state index contributed by atoms with van der Waals surface area (Å²) in [6.45, 7) is -0.0402. The molecule has 2 aromatic heterocycles. The quantitative estimate of drug-likeness (QED) is 0.726. The number of carbonyl (C=O) groups is 1. The number of thiazole rings is 1. The van der Waals surface area contributed by atoms with Crippen molar-refractivity contribution in [1.29, 1.82) is 0 Å². The largest absolute Gasteiger partial charge is 0.408 e. The van der Waals surface area contributed by atoms with Crippen LogP contribution in [0.5, 0.6) is 0 Å². The maximum atomic E-state index is 12.5. The normalized spacial score (nSPS) is 18.5. The lowest BCUT2D eigenvalue weighted by Gasteiger charge is -2.31. The van der Waals surface area contributed by atoms with Gasteiger partial charge < -0.3 is 4.90 Å². The SMILES string of the molecule is O=C(CSc1nnnn1CC(F)(F)F)N1CCC[C@@H](c2nccs2)C1. The van der Waals surface area contributed by atoms with Crippen molar-refractivity contribution in [2.75, 3.05) is 18.8 Å². The molecule has 0 spiro atoms. The Morgan fingerprint density at radius 2 is 2.28 bits per heavy atom. The summed E-state index contributed by atoms with van der Waals surface area (Å²) < 4.78 is 38.0. The van der Waals surface area contributed by atoms with Gasteiger partial charge in [0.05, 0.1) is 10.8 Å². The second-order valence-electron chi connectivity index (χ2n) is 5.57. The van der Waals surface area contributed by atoms with Gasteiger partial charge in [0.1, 0.15) is 6.54 Å². The van der Waals surface area contributed by atoms with E-state index in [1.54, 1.807) is 22.4 Å². The van der Waals surface area contributed by atoms with Gasteiger partial charge in [0.15, 0.2) is 0 Å². The summed E-state index contributed by atoms with van der Waals surface area (Å²) in [6.07, 6.45) is -0.805. The fraction of sp³-hybridized carbons (Fsp3) is 0.615. The van der Waals surface area contributed by atoms with Crippen molar-refractivity contribution >= 4 is 29.0 Å². The zero-order chi connectivity index (χ0) is 17.9. The van der Waals surface area contributed by atoms with Crippen molar-refractivity contribution < 1.29 is 18.0 Å². The van der Waals surface area contributed by atoms with Crippen molar-refractivity contribution in [2.24, 2.45) is 0 Å². The van der Waals surface area contributed by atoms with Crippen LogP contribution in [0.1, 0.15) is 23.8 Å². The van der Waals surface area contributed by atoms with E-state index in [1.807, 2.05) is 5.38 Å². The van der Waals surface area contributed by atoms with E-state index in [0.717, 1.165) is 29.6 Å². The van der Waals surface area contributed by atoms with E-state index in [0.29, 0.717) is 17.8 Å². The molecule has 1 amide bonds. The highest BCUT2D eigenvalue weighted by Gasteiger charge is 2.31. The van der Waals surface area contributed by atoms with Gasteiger partial charge in [0.2, 0.25) is 11.1 Å². The van der Waals surface area contributed by atoms with Crippen molar-refractivity contribution in [3.8, 4) is 0 Å². The highest BCUT2D eigenvalue weighted by molar-refractivity contribution is 7.99. The molecule has 1 fully saturated rings. The fourth-order valence-corrected chi connectivity index (χ4v) is 4.17. The number of hydrogen-bond donors (Lipinski definition) is 0. The predicted octanol–water partition coefficient (Wildman–Crippen LogP) is 2.19. The summed E-state index contributed by atoms with van der Waals surface area (Å²) in [5.41, 5.74) is 0. The number of tetrazole rings is 1. The first-order valence-electron chi connectivity index (χ1n) is 7.55. The van der Waals surface area contributed by atoms with Crippen LogP contribution in [0.3, 0.4) is 0 Å². The van der Waals surface area contributed by atoms with E-state index < -0.39 is 12.7 Å². The first-order chi connectivity index (χ1) is 11.9. The topological polar surface area (TPSA) is 76.8 Å². The fourth-order valence-electron chi connectivity index (χ4n) is 2.63. The molecule has 1 saturated heterocycles. The van der Waals surface area contributed by atoms with Crippen LogP contribution in [0.4, 0.5) is 13.2 Å². The molecule has 3 rings (SSSR count). The van der Waals surface area contributed by atoms with Crippen LogP contribution in [0.25, 0.3) is 0 Å². The van der Waals surface area contributed by atoms with Crippen molar-refractivity contribution in [1.82, 2.24) is 30.1 Å². The number of halogens is 3. The standard InChI is InChI=1S/C13H15F3N6OS2/c14-13(15,16)8-22-12(18-19-20-22)25-7-10(23)21-4-1-2-9(6-21)11-17-3-5-24-11/h3,5,9H,1-2,4,6-8H2/t9-/m1/s1. The number of hydrogen-bond acceptors (Lipinski definition) is 7. The van der Waals surface area contributed by atoms with Gasteiger partial charge in [0, 0.05) is 30.6 Å². The van der Waals surface area contributed by atoms with E-state index in [4.69, 9.17) is 0 Å². The molecule has 0 bridgehead atoms. The van der Waals surface area contributed by atoms with Crippen LogP contribution in [0.15, 0.2) is 16.7 Å². The molecule has 0 aliphatic carbocycles. The Hall–Kier alpha value is -1.69. The molecule has 0 saturated carbocycles. The number of likely N-dealkylation sites (tertiary alicyclic amines) is 1. The van der Waals surface area contributed by atoms with Crippen LogP contribution in [-0.4, -0.2) is 61.0 Å². The first kappa shape index (κ1) is 18.1. The van der Waals surface area contributed by atoms with Gasteiger partial charge >= 0.3 is 6.18 Å². The Labute approximate surface area is 149 Å². The van der Waals surface area contributed by atoms with E-state index in [-0.39, 0.29) is 22.7 Å². The van der Waals surface area contributed by atoms with Crippen LogP contribution in [0, 0.1) is 0 Å². The number of aromatic nitrogens is 5. The van der Waals surface area contributed by atoms with Gasteiger partial charge in [-0.1, -0.05) is 11.8 Å². The summed E-state index contributed by atoms with van der Waals surface area (Å²) in [5.74, 6) is 0.0917. The van der Waals surface area contributed by atoms with Crippen molar-refractivity contribution in [3.05, 3.63) is 16.6 Å². The van der Waals surface area contributed by atoms with Gasteiger partial charge in [-0.2, -0.15) is 13.2 Å². The molecular weight excluding hydrogens is 377 g/mol. The summed E-state index contributed by atoms with van der Waals surface area (Å²) >= 11 is 2.49. The van der Waals surface area contributed by atoms with Gasteiger partial charge in [0.25, 0.3) is 0 Å². The lowest BCUT2D eigenvalue weighted by atomic mass is 9.99. The molecule has 0 N–H and O–H groups in total. The second kappa shape index (κ2) is 7.68. The third-order valence-electron chi connectivity index (χ3n) is 3.73. The van der Waals surface area contributed by atoms with Crippen LogP contribution in [0.2, 0.25) is 0 Å². The number of carbonyl (C=O) groups excluding carboxylic acids is 1. The zero-order valence-corrected chi connectivity index (χ0v) is 14.6. The van der Waals surface area contributed by atoms with E-state index in [2.05, 4.69) is 20.5 Å². The van der Waals surface area contributed by atoms with Crippen molar-refractivity contribution in [2.45, 2.75) is 36.6 Å². The van der Waals surface area contributed by atoms with Gasteiger partial charge in [-0.3, -0.25) is 4.79 Å². The molecule has 1 aliphatic heterocycles. The lowest BCUT2D eigenvalue weighted by Crippen LogP contribution is -2.40. The van der Waals surface area contributed by atoms with Crippen LogP contribution < -0.4 is 0 Å². The number of alkyl halides is 3. The van der Waals surface area contributed by atoms with Crippen LogP contribution >= 0.6 is 23.1 Å². The summed E-state index contributed by atoms with van der Waals surface area (Å²) in [5, 5.41) is 13.0. The Kier molecular flexibility index (Phi) is 5.57. The Morgan fingerprint density at radius 1 is 1.44 bits per heavy atom. The van der Waals surface area contributed by atoms with E-state index >= 15 is 0 Å². The third kappa shape index (κ3) is 4.91. The zero-order valence-electron chi connectivity index (χ0n) is 13.0. The predicted molar refractivity (Wildman–Crippen MR) is 85.3 cm³/mol. The third-order valence-corrected chi connectivity index (χ3v) is 5.61. The maximum Gasteiger partial charge on any atom is 0.408 e. The molecule has 1 atom stereocenters. The molecule has 25 heavy (non-hydrogen) atoms. The van der Waals surface area contributed by atoms with Gasteiger partial charge in [-0.25, -0.2) is 9.67 Å². The first-order valence-corrected chi connectivity index (χ1v) is 9.42. The Bertz CT molecular complexity index is 705. The average Bonchev–Trinajstić information content (AvgIpc) is 3.23. The molecule has 12 heteroatoms. The number of nitrogens with zero attached hydrogens (tertiary/aromatic N) is 6. The van der Waals surface area contributed by atoms with Gasteiger partial charge in [-0.15, -0.1) is 16.4 Å². The number of piperidine rings is 1. The molecule has 1 aliphatic rings. The highest BCUT2D eigenvalue weighted by atomic mass is 32.2. The monoisotopic (exact) mass is 392 g/mol. The molecule has 136 valence electrons. The Morgan fingerprint density at radius 3 is 3.00 bits per heavy atom. The molecule has 3 heterocycles. The molecular formula is C13H15F3N6OS2. The molecule has 0 radical (unpaired) electrons. The molecule has 0 aromatic carbocycles. The minimum Gasteiger partial charge on any atom is -0.341 e. The molecule has 2 aromatic rings. The molecule has 7 nitrogen and oxygen atoms in total. The van der Waals surface area contributed by atoms with Crippen LogP contribution in [-0.2, 0) is 11.3 Å². The smallest absolute Gasteiger partial charge is 0.341 e. The number of thioether (sulfide) groups is 1. The minimum absolute atomic E-state index is 0.00280. The number of rotatable bonds is 5. The summed E-state index contributed by atoms with van der Waals surface area (Å²) in [6, 6.07) is 0. The Balaban J connectivity index is 1.55. The molecule has 0 unspecified atom stereocenters. The van der Waals surface area contributed by atoms with Crippen molar-refractivity contribution in [3.63, 3.8) is 0 Å². The summed E-state index contributed by atoms with van der Waals surface area (Å²) in [4.78, 5) is 18.4. The second-order valence-corrected chi connectivity index (χ2v) is 7.44. The average molecular weight is 392 g/mol. The maximum absolute atomic E-state index is 12.5. The van der Waals surface area contributed by atoms with Gasteiger partial charge in [-0.05, 0) is 23.3 Å². The summed E-state index contributed by atoms with van der Waals surface area (Å²) in [7, 11) is 0. The number of amides is 1. The van der Waals surface area contributed by atoms with E-state index in [1.165, 1.54) is 0 Å². The highest BCUT2D eigenvalue weighted by Crippen LogP contribution is 2.29.